The first-order valence-corrected chi connectivity index (χ1v) is 32.0. The van der Waals surface area contributed by atoms with Gasteiger partial charge in [-0.15, -0.1) is 0 Å². The molecule has 2 aliphatic carbocycles. The normalized spacial score (nSPS) is 18.7. The van der Waals surface area contributed by atoms with Crippen molar-refractivity contribution in [2.45, 2.75) is 61.9 Å². The Labute approximate surface area is 267 Å². The fourth-order valence-electron chi connectivity index (χ4n) is 8.04. The molecule has 0 nitrogen and oxygen atoms in total. The Morgan fingerprint density at radius 3 is 2.05 bits per heavy atom. The molecule has 0 heterocycles. The number of rotatable bonds is 6. The van der Waals surface area contributed by atoms with Crippen molar-refractivity contribution in [2.75, 3.05) is 0 Å². The summed E-state index contributed by atoms with van der Waals surface area (Å²) in [5, 5.41) is 0. The van der Waals surface area contributed by atoms with Gasteiger partial charge < -0.3 is 0 Å². The van der Waals surface area contributed by atoms with Crippen LogP contribution in [0.1, 0.15) is 67.0 Å². The van der Waals surface area contributed by atoms with Crippen molar-refractivity contribution >= 4 is 35.1 Å². The number of benzene rings is 4. The van der Waals surface area contributed by atoms with E-state index in [9.17, 15) is 0 Å². The molecule has 0 saturated carbocycles. The molecule has 4 aromatic carbocycles. The molecule has 4 aromatic rings. The Morgan fingerprint density at radius 1 is 0.674 bits per heavy atom. The van der Waals surface area contributed by atoms with Crippen molar-refractivity contribution in [1.82, 2.24) is 0 Å². The predicted molar refractivity (Wildman–Crippen MR) is 190 cm³/mol. The summed E-state index contributed by atoms with van der Waals surface area (Å²) in [6.45, 7) is 18.5. The summed E-state index contributed by atoms with van der Waals surface area (Å²) >= 11 is -4.80. The molecule has 0 fully saturated rings. The van der Waals surface area contributed by atoms with Crippen LogP contribution in [0.15, 0.2) is 90.0 Å². The zero-order valence-electron chi connectivity index (χ0n) is 26.7. The van der Waals surface area contributed by atoms with E-state index in [1.165, 1.54) is 72.3 Å². The second kappa shape index (κ2) is 11.1. The van der Waals surface area contributed by atoms with Gasteiger partial charge in [0.1, 0.15) is 0 Å². The third-order valence-electron chi connectivity index (χ3n) is 10.4. The quantitative estimate of drug-likeness (QED) is 0.176. The topological polar surface area (TPSA) is 0 Å². The summed E-state index contributed by atoms with van der Waals surface area (Å²) in [4.78, 5) is 0. The van der Waals surface area contributed by atoms with E-state index in [0.717, 1.165) is 0 Å². The first-order chi connectivity index (χ1) is 20.3. The monoisotopic (exact) mass is 699 g/mol. The van der Waals surface area contributed by atoms with E-state index < -0.39 is 21.5 Å². The van der Waals surface area contributed by atoms with Gasteiger partial charge in [-0.25, -0.2) is 0 Å². The first-order valence-electron chi connectivity index (χ1n) is 15.7. The molecule has 221 valence electrons. The van der Waals surface area contributed by atoms with Gasteiger partial charge in [-0.1, -0.05) is 0 Å². The van der Waals surface area contributed by atoms with Crippen LogP contribution < -0.4 is 0 Å². The average Bonchev–Trinajstić information content (AvgIpc) is 3.55. The Bertz CT molecular complexity index is 1810. The molecule has 0 N–H and O–H groups in total. The summed E-state index contributed by atoms with van der Waals surface area (Å²) in [7, 11) is 17.2. The molecule has 0 amide bonds. The van der Waals surface area contributed by atoms with Gasteiger partial charge in [0.25, 0.3) is 0 Å². The maximum absolute atomic E-state index is 8.61. The third kappa shape index (κ3) is 4.78. The standard InChI is InChI=1S/C19H19.C18H17.C2H7Si.2ClH.Zr/c1-12-5-6-14(3)17(9-12)16-8-7-15(4)18-10-13(2)11-19(16)18;1-13(2)16-11-15-9-6-10-17(18(15)12-16)14-7-4-3-5-8-14;1-3-2;;;/h5-11H,1-4H3;3-13H,1-2H3;3H,1-2H3;2*1H;/q;;;;;+2/p-2. The van der Waals surface area contributed by atoms with Gasteiger partial charge in [-0.3, -0.25) is 0 Å². The van der Waals surface area contributed by atoms with Crippen LogP contribution in [0.2, 0.25) is 13.1 Å². The molecular weight excluding hydrogens is 659 g/mol. The Morgan fingerprint density at radius 2 is 1.37 bits per heavy atom. The maximum atomic E-state index is 8.61. The minimum atomic E-state index is -4.80. The van der Waals surface area contributed by atoms with Gasteiger partial charge >= 0.3 is 270 Å². The zero-order chi connectivity index (χ0) is 30.9. The van der Waals surface area contributed by atoms with E-state index in [2.05, 4.69) is 146 Å². The van der Waals surface area contributed by atoms with Gasteiger partial charge in [0.05, 0.1) is 0 Å². The van der Waals surface area contributed by atoms with E-state index in [0.29, 0.717) is 5.92 Å². The number of aryl methyl sites for hydroxylation is 3. The van der Waals surface area contributed by atoms with Crippen LogP contribution in [0.4, 0.5) is 0 Å². The Hall–Kier alpha value is -1.96. The number of fused-ring (bicyclic) bond motifs is 2. The van der Waals surface area contributed by atoms with E-state index in [1.807, 2.05) is 0 Å². The van der Waals surface area contributed by atoms with Crippen molar-refractivity contribution in [2.24, 2.45) is 5.92 Å². The van der Waals surface area contributed by atoms with Gasteiger partial charge in [-0.05, 0) is 0 Å². The van der Waals surface area contributed by atoms with E-state index in [1.54, 1.807) is 0 Å². The number of hydrogen-bond donors (Lipinski definition) is 0. The Balaban J connectivity index is 1.62. The molecule has 2 atom stereocenters. The van der Waals surface area contributed by atoms with Crippen LogP contribution in [0.25, 0.3) is 34.4 Å². The van der Waals surface area contributed by atoms with Gasteiger partial charge in [-0.2, -0.15) is 0 Å². The van der Waals surface area contributed by atoms with Crippen LogP contribution in [0.5, 0.6) is 0 Å². The van der Waals surface area contributed by atoms with E-state index in [-0.39, 0.29) is 7.25 Å². The summed E-state index contributed by atoms with van der Waals surface area (Å²) in [6, 6.07) is 29.0. The fourth-order valence-corrected chi connectivity index (χ4v) is 40.3. The molecule has 0 aromatic heterocycles. The van der Waals surface area contributed by atoms with Crippen LogP contribution in [-0.2, 0) is 15.6 Å². The third-order valence-corrected chi connectivity index (χ3v) is 62.3. The number of allylic oxidation sites excluding steroid dienone is 2. The minimum absolute atomic E-state index is 0.0926. The summed E-state index contributed by atoms with van der Waals surface area (Å²) in [6.07, 6.45) is 4.91. The van der Waals surface area contributed by atoms with Crippen LogP contribution in [0, 0.1) is 26.7 Å². The molecule has 0 bridgehead atoms. The van der Waals surface area contributed by atoms with Crippen LogP contribution in [-0.4, -0.2) is 5.92 Å². The second-order valence-electron chi connectivity index (χ2n) is 13.7. The van der Waals surface area contributed by atoms with Gasteiger partial charge in [0.15, 0.2) is 0 Å². The Kier molecular flexibility index (Phi) is 8.04. The van der Waals surface area contributed by atoms with Gasteiger partial charge in [0, 0.05) is 0 Å². The van der Waals surface area contributed by atoms with Crippen molar-refractivity contribution < 1.29 is 15.6 Å². The molecule has 2 unspecified atom stereocenters. The fraction of sp³-hybridized carbons (Fsp3) is 0.282. The number of halogens is 2. The molecule has 0 aliphatic heterocycles. The summed E-state index contributed by atoms with van der Waals surface area (Å²) in [5.41, 5.74) is 17.2. The molecule has 0 spiro atoms. The van der Waals surface area contributed by atoms with Crippen molar-refractivity contribution in [3.05, 3.63) is 129 Å². The predicted octanol–water partition coefficient (Wildman–Crippen LogP) is 12.2. The average molecular weight is 702 g/mol. The molecule has 2 aliphatic rings. The molecule has 0 radical (unpaired) electrons. The number of hydrogen-bond acceptors (Lipinski definition) is 0. The second-order valence-corrected chi connectivity index (χ2v) is 56.2. The van der Waals surface area contributed by atoms with Crippen LogP contribution in [0.3, 0.4) is 0 Å². The van der Waals surface area contributed by atoms with E-state index in [4.69, 9.17) is 17.0 Å². The van der Waals surface area contributed by atoms with Crippen molar-refractivity contribution in [1.29, 1.82) is 0 Å². The molecule has 6 rings (SSSR count). The SMILES string of the molecule is CC1=Cc2c(-c3cc(C)ccc3C)ccc(C)c2[CH]1[Zr]([Cl])([Cl])([CH]1C(C(C)C)=Cc2c(-c3ccccc3)cccc21)[SiH](C)C. The van der Waals surface area contributed by atoms with Crippen LogP contribution >= 0.6 is 17.0 Å². The molecule has 4 heteroatoms. The molecule has 43 heavy (non-hydrogen) atoms. The van der Waals surface area contributed by atoms with Crippen molar-refractivity contribution in [3.8, 4) is 22.3 Å². The summed E-state index contributed by atoms with van der Waals surface area (Å²) in [5.74, 6) is -1.26. The zero-order valence-corrected chi connectivity index (χ0v) is 31.9. The van der Waals surface area contributed by atoms with Crippen molar-refractivity contribution in [3.63, 3.8) is 0 Å². The molecule has 0 saturated heterocycles. The van der Waals surface area contributed by atoms with E-state index >= 15 is 0 Å². The summed E-state index contributed by atoms with van der Waals surface area (Å²) < 4.78 is 0.188. The molecular formula is C39H43Cl2SiZr. The van der Waals surface area contributed by atoms with Gasteiger partial charge in [0.2, 0.25) is 0 Å². The first kappa shape index (κ1) is 31.0.